The topological polar surface area (TPSA) is 59.4 Å². The summed E-state index contributed by atoms with van der Waals surface area (Å²) in [6.07, 6.45) is 7.25. The van der Waals surface area contributed by atoms with E-state index >= 15 is 0 Å². The van der Waals surface area contributed by atoms with Crippen LogP contribution in [0.2, 0.25) is 0 Å². The van der Waals surface area contributed by atoms with Crippen molar-refractivity contribution >= 4 is 5.91 Å². The molecule has 1 N–H and O–H groups in total. The summed E-state index contributed by atoms with van der Waals surface area (Å²) in [4.78, 5) is 16.5. The summed E-state index contributed by atoms with van der Waals surface area (Å²) >= 11 is 0. The van der Waals surface area contributed by atoms with E-state index < -0.39 is 5.54 Å². The fourth-order valence-electron chi connectivity index (χ4n) is 3.63. The highest BCUT2D eigenvalue weighted by atomic mass is 16.2. The van der Waals surface area contributed by atoms with Gasteiger partial charge in [-0.3, -0.25) is 9.69 Å². The van der Waals surface area contributed by atoms with Crippen LogP contribution in [0.3, 0.4) is 0 Å². The summed E-state index contributed by atoms with van der Waals surface area (Å²) < 4.78 is 0. The van der Waals surface area contributed by atoms with E-state index in [2.05, 4.69) is 16.3 Å². The number of nitriles is 1. The average molecular weight is 292 g/mol. The summed E-state index contributed by atoms with van der Waals surface area (Å²) in [7, 11) is 3.80. The lowest BCUT2D eigenvalue weighted by molar-refractivity contribution is -0.136. The predicted molar refractivity (Wildman–Crippen MR) is 82.7 cm³/mol. The highest BCUT2D eigenvalue weighted by Gasteiger charge is 2.39. The molecule has 5 nitrogen and oxygen atoms in total. The van der Waals surface area contributed by atoms with E-state index in [0.717, 1.165) is 45.2 Å². The van der Waals surface area contributed by atoms with E-state index in [1.807, 2.05) is 14.1 Å². The minimum atomic E-state index is -0.562. The highest BCUT2D eigenvalue weighted by Crippen LogP contribution is 2.32. The molecule has 1 saturated carbocycles. The van der Waals surface area contributed by atoms with Gasteiger partial charge in [0.2, 0.25) is 5.91 Å². The molecule has 1 saturated heterocycles. The first-order chi connectivity index (χ1) is 10.1. The van der Waals surface area contributed by atoms with Crippen LogP contribution in [0.25, 0.3) is 0 Å². The number of nitrogens with one attached hydrogen (secondary N) is 1. The van der Waals surface area contributed by atoms with Crippen LogP contribution in [-0.2, 0) is 4.79 Å². The van der Waals surface area contributed by atoms with E-state index in [-0.39, 0.29) is 5.91 Å². The van der Waals surface area contributed by atoms with Crippen molar-refractivity contribution in [3.05, 3.63) is 0 Å². The maximum absolute atomic E-state index is 12.6. The van der Waals surface area contributed by atoms with Gasteiger partial charge in [0.15, 0.2) is 0 Å². The Hall–Kier alpha value is -1.12. The summed E-state index contributed by atoms with van der Waals surface area (Å²) in [6.45, 7) is 2.35. The Morgan fingerprint density at radius 2 is 2.10 bits per heavy atom. The second-order valence-electron chi connectivity index (χ2n) is 6.52. The van der Waals surface area contributed by atoms with Gasteiger partial charge in [0, 0.05) is 19.6 Å². The molecule has 0 bridgehead atoms. The van der Waals surface area contributed by atoms with Crippen LogP contribution >= 0.6 is 0 Å². The molecule has 0 aromatic heterocycles. The lowest BCUT2D eigenvalue weighted by Gasteiger charge is -2.40. The smallest absolute Gasteiger partial charge is 0.237 e. The zero-order valence-corrected chi connectivity index (χ0v) is 13.4. The molecule has 0 radical (unpaired) electrons. The molecular weight excluding hydrogens is 264 g/mol. The molecular formula is C16H28N4O. The standard InChI is InChI=1S/C16H28N4O/c1-18-14-7-6-10-20(11-14)12-15(21)19(2)16(13-17)8-4-3-5-9-16/h14,18H,3-12H2,1-2H3. The number of rotatable bonds is 4. The van der Waals surface area contributed by atoms with Gasteiger partial charge < -0.3 is 10.2 Å². The zero-order chi connectivity index (χ0) is 15.3. The molecule has 1 aliphatic carbocycles. The van der Waals surface area contributed by atoms with Gasteiger partial charge in [-0.1, -0.05) is 19.3 Å². The lowest BCUT2D eigenvalue weighted by Crippen LogP contribution is -2.54. The van der Waals surface area contributed by atoms with Crippen molar-refractivity contribution in [2.45, 2.75) is 56.5 Å². The largest absolute Gasteiger partial charge is 0.326 e. The maximum Gasteiger partial charge on any atom is 0.237 e. The number of likely N-dealkylation sites (tertiary alicyclic amines) is 1. The minimum Gasteiger partial charge on any atom is -0.326 e. The van der Waals surface area contributed by atoms with Crippen molar-refractivity contribution in [1.29, 1.82) is 5.26 Å². The van der Waals surface area contributed by atoms with E-state index in [0.29, 0.717) is 12.6 Å². The van der Waals surface area contributed by atoms with Gasteiger partial charge in [0.1, 0.15) is 5.54 Å². The molecule has 1 heterocycles. The first-order valence-corrected chi connectivity index (χ1v) is 8.19. The fraction of sp³-hybridized carbons (Fsp3) is 0.875. The van der Waals surface area contributed by atoms with Crippen molar-refractivity contribution in [2.24, 2.45) is 0 Å². The lowest BCUT2D eigenvalue weighted by atomic mass is 9.81. The van der Waals surface area contributed by atoms with Crippen molar-refractivity contribution in [3.8, 4) is 6.07 Å². The highest BCUT2D eigenvalue weighted by molar-refractivity contribution is 5.79. The van der Waals surface area contributed by atoms with Crippen molar-refractivity contribution in [2.75, 3.05) is 33.7 Å². The van der Waals surface area contributed by atoms with Crippen LogP contribution in [0.5, 0.6) is 0 Å². The van der Waals surface area contributed by atoms with Gasteiger partial charge in [-0.2, -0.15) is 5.26 Å². The molecule has 0 spiro atoms. The van der Waals surface area contributed by atoms with Crippen molar-refractivity contribution in [1.82, 2.24) is 15.1 Å². The second kappa shape index (κ2) is 7.24. The third kappa shape index (κ3) is 3.75. The Morgan fingerprint density at radius 3 is 2.71 bits per heavy atom. The average Bonchev–Trinajstić information content (AvgIpc) is 2.54. The summed E-state index contributed by atoms with van der Waals surface area (Å²) in [5.74, 6) is 0.0928. The number of piperidine rings is 1. The maximum atomic E-state index is 12.6. The number of likely N-dealkylation sites (N-methyl/N-ethyl adjacent to an activating group) is 2. The van der Waals surface area contributed by atoms with Crippen LogP contribution in [0.4, 0.5) is 0 Å². The third-order valence-electron chi connectivity index (χ3n) is 5.18. The second-order valence-corrected chi connectivity index (χ2v) is 6.52. The minimum absolute atomic E-state index is 0.0928. The van der Waals surface area contributed by atoms with Crippen LogP contribution in [-0.4, -0.2) is 61.0 Å². The quantitative estimate of drug-likeness (QED) is 0.850. The molecule has 1 amide bonds. The molecule has 1 aliphatic heterocycles. The number of nitrogens with zero attached hydrogens (tertiary/aromatic N) is 3. The predicted octanol–water partition coefficient (Wildman–Crippen LogP) is 1.36. The number of carbonyl (C=O) groups is 1. The first kappa shape index (κ1) is 16.3. The molecule has 21 heavy (non-hydrogen) atoms. The van der Waals surface area contributed by atoms with E-state index in [9.17, 15) is 10.1 Å². The molecule has 118 valence electrons. The van der Waals surface area contributed by atoms with Gasteiger partial charge in [-0.05, 0) is 39.3 Å². The van der Waals surface area contributed by atoms with Gasteiger partial charge in [-0.25, -0.2) is 0 Å². The Morgan fingerprint density at radius 1 is 1.38 bits per heavy atom. The molecule has 2 rings (SSSR count). The summed E-state index contributed by atoms with van der Waals surface area (Å²) in [5.41, 5.74) is -0.562. The normalized spacial score (nSPS) is 26.0. The van der Waals surface area contributed by atoms with Crippen LogP contribution < -0.4 is 5.32 Å². The monoisotopic (exact) mass is 292 g/mol. The number of hydrogen-bond acceptors (Lipinski definition) is 4. The van der Waals surface area contributed by atoms with E-state index in [4.69, 9.17) is 0 Å². The number of hydrogen-bond donors (Lipinski definition) is 1. The third-order valence-corrected chi connectivity index (χ3v) is 5.18. The Kier molecular flexibility index (Phi) is 5.60. The number of carbonyl (C=O) groups excluding carboxylic acids is 1. The molecule has 0 aromatic carbocycles. The van der Waals surface area contributed by atoms with Crippen molar-refractivity contribution < 1.29 is 4.79 Å². The fourth-order valence-corrected chi connectivity index (χ4v) is 3.63. The molecule has 1 atom stereocenters. The number of amides is 1. The zero-order valence-electron chi connectivity index (χ0n) is 13.4. The van der Waals surface area contributed by atoms with Gasteiger partial charge in [0.05, 0.1) is 12.6 Å². The SMILES string of the molecule is CNC1CCCN(CC(=O)N(C)C2(C#N)CCCCC2)C1. The molecule has 5 heteroatoms. The molecule has 2 fully saturated rings. The Bertz CT molecular complexity index is 398. The molecule has 0 aromatic rings. The van der Waals surface area contributed by atoms with Gasteiger partial charge in [0.25, 0.3) is 0 Å². The van der Waals surface area contributed by atoms with E-state index in [1.54, 1.807) is 4.90 Å². The van der Waals surface area contributed by atoms with Gasteiger partial charge in [-0.15, -0.1) is 0 Å². The van der Waals surface area contributed by atoms with Gasteiger partial charge >= 0.3 is 0 Å². The van der Waals surface area contributed by atoms with Crippen LogP contribution in [0.15, 0.2) is 0 Å². The summed E-state index contributed by atoms with van der Waals surface area (Å²) in [6, 6.07) is 2.91. The summed E-state index contributed by atoms with van der Waals surface area (Å²) in [5, 5.41) is 12.9. The van der Waals surface area contributed by atoms with Crippen LogP contribution in [0, 0.1) is 11.3 Å². The molecule has 1 unspecified atom stereocenters. The van der Waals surface area contributed by atoms with E-state index in [1.165, 1.54) is 12.8 Å². The molecule has 2 aliphatic rings. The first-order valence-electron chi connectivity index (χ1n) is 8.19. The Balaban J connectivity index is 1.94. The Labute approximate surface area is 128 Å². The van der Waals surface area contributed by atoms with Crippen LogP contribution in [0.1, 0.15) is 44.9 Å². The van der Waals surface area contributed by atoms with Crippen molar-refractivity contribution in [3.63, 3.8) is 0 Å².